The summed E-state index contributed by atoms with van der Waals surface area (Å²) in [5.74, 6) is -0.293. The number of aryl methyl sites for hydroxylation is 1. The molecule has 472 valence electrons. The molecule has 7 aromatic carbocycles. The Bertz CT molecular complexity index is 3150. The maximum absolute atomic E-state index is 14.0. The number of ether oxygens (including phenoxy) is 3. The van der Waals surface area contributed by atoms with Gasteiger partial charge in [0.1, 0.15) is 19.8 Å². The van der Waals surface area contributed by atoms with Crippen LogP contribution in [0.3, 0.4) is 0 Å². The first-order valence-electron chi connectivity index (χ1n) is 31.9. The van der Waals surface area contributed by atoms with Gasteiger partial charge in [0.2, 0.25) is 0 Å². The van der Waals surface area contributed by atoms with Crippen LogP contribution in [-0.4, -0.2) is 50.3 Å². The Balaban J connectivity index is 0.982. The van der Waals surface area contributed by atoms with E-state index in [9.17, 15) is 14.4 Å². The van der Waals surface area contributed by atoms with E-state index in [1.54, 1.807) is 35.3 Å². The minimum absolute atomic E-state index is 0.0588. The zero-order valence-corrected chi connectivity index (χ0v) is 57.4. The zero-order chi connectivity index (χ0) is 63.8. The third-order valence-electron chi connectivity index (χ3n) is 16.6. The van der Waals surface area contributed by atoms with E-state index in [1.807, 2.05) is 85.8 Å². The lowest BCUT2D eigenvalue weighted by Crippen LogP contribution is -2.39. The van der Waals surface area contributed by atoms with Crippen molar-refractivity contribution in [3.8, 4) is 0 Å². The fourth-order valence-corrected chi connectivity index (χ4v) is 16.1. The molecule has 0 saturated carbocycles. The van der Waals surface area contributed by atoms with E-state index in [0.717, 1.165) is 80.6 Å². The van der Waals surface area contributed by atoms with Crippen LogP contribution in [0.25, 0.3) is 0 Å². The second kappa shape index (κ2) is 39.4. The van der Waals surface area contributed by atoms with Gasteiger partial charge in [-0.1, -0.05) is 283 Å². The van der Waals surface area contributed by atoms with Gasteiger partial charge in [0.05, 0.1) is 18.0 Å². The molecule has 7 rings (SSSR count). The number of allylic oxidation sites excluding steroid dienone is 1. The minimum atomic E-state index is -0.955. The standard InChI is InChI=1S/C78H88O6S6/c1-5-7-31-60-48-50-61(51-49-60)68(54-71(64-36-18-10-19-37-64)90-77(87)67-42-24-13-25-43-67)44-28-47-74(81)84-57-78(6-2,55-82-72(79)45-26-29-58(3)52-69(62-32-14-8-15-33-62)88-75(85)65-38-20-11-21-39-65)56-83-73(80)46-27-30-59(4)53-70(63-34-16-9-17-35-63)89-76(86)66-40-22-12-23-41-66/h5,8-25,32-43,48-51,58-59,68-71H,1,6-7,26-31,44-47,52-57H2,2-4H3. The summed E-state index contributed by atoms with van der Waals surface area (Å²) in [6.45, 7) is 10.2. The Labute approximate surface area is 565 Å². The average Bonchev–Trinajstić information content (AvgIpc) is 2.57. The first-order chi connectivity index (χ1) is 43.8. The molecule has 6 unspecified atom stereocenters. The van der Waals surface area contributed by atoms with Crippen molar-refractivity contribution in [1.29, 1.82) is 0 Å². The summed E-state index contributed by atoms with van der Waals surface area (Å²) in [6, 6.07) is 70.9. The van der Waals surface area contributed by atoms with Gasteiger partial charge in [0.25, 0.3) is 0 Å². The quantitative estimate of drug-likeness (QED) is 0.0160. The molecule has 0 bridgehead atoms. The Morgan fingerprint density at radius 3 is 1.10 bits per heavy atom. The van der Waals surface area contributed by atoms with Gasteiger partial charge in [-0.15, -0.1) is 41.9 Å². The number of rotatable bonds is 38. The van der Waals surface area contributed by atoms with Gasteiger partial charge in [0.15, 0.2) is 0 Å². The zero-order valence-electron chi connectivity index (χ0n) is 52.5. The highest BCUT2D eigenvalue weighted by molar-refractivity contribution is 8.24. The van der Waals surface area contributed by atoms with Crippen LogP contribution in [0, 0.1) is 17.3 Å². The van der Waals surface area contributed by atoms with Crippen molar-refractivity contribution in [3.05, 3.63) is 263 Å². The van der Waals surface area contributed by atoms with Crippen LogP contribution < -0.4 is 0 Å². The Morgan fingerprint density at radius 1 is 0.444 bits per heavy atom. The van der Waals surface area contributed by atoms with Crippen molar-refractivity contribution < 1.29 is 28.6 Å². The van der Waals surface area contributed by atoms with Gasteiger partial charge >= 0.3 is 17.9 Å². The number of esters is 3. The predicted molar refractivity (Wildman–Crippen MR) is 392 cm³/mol. The Hall–Kier alpha value is -5.99. The Kier molecular flexibility index (Phi) is 31.3. The lowest BCUT2D eigenvalue weighted by atomic mass is 9.87. The van der Waals surface area contributed by atoms with Crippen molar-refractivity contribution in [2.24, 2.45) is 17.3 Å². The van der Waals surface area contributed by atoms with Crippen LogP contribution in [-0.2, 0) is 35.0 Å². The van der Waals surface area contributed by atoms with Crippen LogP contribution in [0.15, 0.2) is 219 Å². The van der Waals surface area contributed by atoms with Crippen LogP contribution in [0.2, 0.25) is 0 Å². The summed E-state index contributed by atoms with van der Waals surface area (Å²) in [7, 11) is 0. The molecule has 7 aromatic rings. The predicted octanol–water partition coefficient (Wildman–Crippen LogP) is 21.4. The van der Waals surface area contributed by atoms with Crippen molar-refractivity contribution in [3.63, 3.8) is 0 Å². The molecule has 6 nitrogen and oxygen atoms in total. The van der Waals surface area contributed by atoms with Gasteiger partial charge in [-0.2, -0.15) is 0 Å². The molecule has 0 amide bonds. The topological polar surface area (TPSA) is 78.9 Å². The van der Waals surface area contributed by atoms with Crippen molar-refractivity contribution in [2.45, 2.75) is 139 Å². The third-order valence-corrected chi connectivity index (χ3v) is 21.7. The lowest BCUT2D eigenvalue weighted by molar-refractivity contribution is -0.162. The van der Waals surface area contributed by atoms with E-state index in [-0.39, 0.29) is 78.7 Å². The van der Waals surface area contributed by atoms with E-state index >= 15 is 0 Å². The summed E-state index contributed by atoms with van der Waals surface area (Å²) in [4.78, 5) is 41.4. The highest BCUT2D eigenvalue weighted by Crippen LogP contribution is 2.43. The van der Waals surface area contributed by atoms with Gasteiger partial charge in [-0.05, 0) is 126 Å². The smallest absolute Gasteiger partial charge is 0.305 e. The van der Waals surface area contributed by atoms with E-state index in [2.05, 4.69) is 154 Å². The molecule has 0 spiro atoms. The molecular formula is C78H88O6S6. The summed E-state index contributed by atoms with van der Waals surface area (Å²) in [5, 5.41) is 0.389. The maximum atomic E-state index is 14.0. The fourth-order valence-electron chi connectivity index (χ4n) is 11.0. The number of thioether (sulfide) groups is 3. The van der Waals surface area contributed by atoms with Crippen molar-refractivity contribution >= 4 is 102 Å². The summed E-state index contributed by atoms with van der Waals surface area (Å²) in [6.07, 6.45) is 11.7. The summed E-state index contributed by atoms with van der Waals surface area (Å²) in [5.41, 5.74) is 8.28. The molecule has 90 heavy (non-hydrogen) atoms. The number of carbonyl (C=O) groups excluding carboxylic acids is 3. The molecule has 0 aromatic heterocycles. The summed E-state index contributed by atoms with van der Waals surface area (Å²) < 4.78 is 20.9. The average molecular weight is 1310 g/mol. The first kappa shape index (κ1) is 71.5. The molecule has 0 saturated heterocycles. The molecule has 0 heterocycles. The highest BCUT2D eigenvalue weighted by atomic mass is 32.2. The number of hydrogen-bond acceptors (Lipinski definition) is 12. The maximum Gasteiger partial charge on any atom is 0.305 e. The molecular weight excluding hydrogens is 1230 g/mol. The van der Waals surface area contributed by atoms with Crippen LogP contribution >= 0.6 is 71.9 Å². The molecule has 12 heteroatoms. The monoisotopic (exact) mass is 1310 g/mol. The number of hydrogen-bond donors (Lipinski definition) is 0. The SMILES string of the molecule is C=CCCc1ccc(C(CCCC(=O)OCC(CC)(COC(=O)CCCC(C)CC(SC(=S)c2ccccc2)c2ccccc2)COC(=O)CCCC(C)CC(SC(=S)c2ccccc2)c2ccccc2)CC(SC(=S)c2ccccc2)c2ccccc2)cc1. The van der Waals surface area contributed by atoms with Gasteiger partial charge < -0.3 is 14.2 Å². The van der Waals surface area contributed by atoms with E-state index in [1.165, 1.54) is 27.8 Å². The minimum Gasteiger partial charge on any atom is -0.465 e. The first-order valence-corrected chi connectivity index (χ1v) is 35.8. The summed E-state index contributed by atoms with van der Waals surface area (Å²) >= 11 is 23.1. The lowest BCUT2D eigenvalue weighted by Gasteiger charge is -2.31. The number of carbonyl (C=O) groups is 3. The highest BCUT2D eigenvalue weighted by Gasteiger charge is 2.35. The molecule has 0 radical (unpaired) electrons. The van der Waals surface area contributed by atoms with Crippen molar-refractivity contribution in [1.82, 2.24) is 0 Å². The van der Waals surface area contributed by atoms with Crippen LogP contribution in [0.4, 0.5) is 0 Å². The van der Waals surface area contributed by atoms with E-state index in [4.69, 9.17) is 50.9 Å². The molecule has 6 atom stereocenters. The van der Waals surface area contributed by atoms with Gasteiger partial charge in [-0.3, -0.25) is 14.4 Å². The second-order valence-electron chi connectivity index (χ2n) is 23.7. The number of benzene rings is 7. The van der Waals surface area contributed by atoms with E-state index in [0.29, 0.717) is 37.5 Å². The molecule has 0 fully saturated rings. The van der Waals surface area contributed by atoms with Crippen LogP contribution in [0.5, 0.6) is 0 Å². The molecule has 0 N–H and O–H groups in total. The second-order valence-corrected chi connectivity index (χ2v) is 29.3. The normalized spacial score (nSPS) is 13.9. The third kappa shape index (κ3) is 24.9. The molecule has 0 aliphatic rings. The van der Waals surface area contributed by atoms with Crippen LogP contribution in [0.1, 0.15) is 177 Å². The largest absolute Gasteiger partial charge is 0.465 e. The molecule has 0 aliphatic carbocycles. The Morgan fingerprint density at radius 2 is 0.767 bits per heavy atom. The van der Waals surface area contributed by atoms with E-state index < -0.39 is 5.41 Å². The van der Waals surface area contributed by atoms with Gasteiger partial charge in [0, 0.05) is 35.0 Å². The number of thiocarbonyl (C=S) groups is 3. The fraction of sp³-hybridized carbons (Fsp3) is 0.359. The molecule has 0 aliphatic heterocycles. The van der Waals surface area contributed by atoms with Gasteiger partial charge in [-0.25, -0.2) is 0 Å². The van der Waals surface area contributed by atoms with Crippen molar-refractivity contribution in [2.75, 3.05) is 19.8 Å².